The molecular formula is C5H11NO2. The third kappa shape index (κ3) is 0.727. The van der Waals surface area contributed by atoms with Crippen LogP contribution in [0, 0.1) is 0 Å². The third-order valence-corrected chi connectivity index (χ3v) is 1.65. The minimum atomic E-state index is -0.333. The van der Waals surface area contributed by atoms with Gasteiger partial charge in [-0.3, -0.25) is 0 Å². The Morgan fingerprint density at radius 3 is 2.50 bits per heavy atom. The lowest BCUT2D eigenvalue weighted by Crippen LogP contribution is -2.57. The fourth-order valence-corrected chi connectivity index (χ4v) is 0.858. The Bertz CT molecular complexity index is 86.5. The van der Waals surface area contributed by atoms with Gasteiger partial charge in [0, 0.05) is 13.5 Å². The van der Waals surface area contributed by atoms with Gasteiger partial charge in [-0.05, 0) is 0 Å². The quantitative estimate of drug-likeness (QED) is 0.467. The van der Waals surface area contributed by atoms with E-state index in [1.54, 1.807) is 7.11 Å². The lowest BCUT2D eigenvalue weighted by molar-refractivity contribution is -0.0706. The Morgan fingerprint density at radius 2 is 2.38 bits per heavy atom. The summed E-state index contributed by atoms with van der Waals surface area (Å²) in [6, 6.07) is -0.153. The number of nitrogens with two attached hydrogens (primary N) is 1. The van der Waals surface area contributed by atoms with Gasteiger partial charge in [-0.1, -0.05) is 0 Å². The van der Waals surface area contributed by atoms with Crippen molar-refractivity contribution in [2.24, 2.45) is 5.73 Å². The van der Waals surface area contributed by atoms with Gasteiger partial charge in [-0.2, -0.15) is 0 Å². The summed E-state index contributed by atoms with van der Waals surface area (Å²) in [5, 5.41) is 8.81. The highest BCUT2D eigenvalue weighted by Crippen LogP contribution is 2.20. The van der Waals surface area contributed by atoms with Crippen molar-refractivity contribution >= 4 is 0 Å². The number of aliphatic hydroxyl groups is 1. The molecule has 1 aliphatic rings. The zero-order valence-corrected chi connectivity index (χ0v) is 4.87. The first-order chi connectivity index (χ1) is 3.75. The molecule has 3 N–H and O–H groups in total. The molecule has 0 saturated heterocycles. The molecule has 0 unspecified atom stereocenters. The second-order valence-corrected chi connectivity index (χ2v) is 2.15. The van der Waals surface area contributed by atoms with Gasteiger partial charge in [0.2, 0.25) is 0 Å². The molecule has 1 rings (SSSR count). The molecule has 0 spiro atoms. The minimum Gasteiger partial charge on any atom is -0.391 e. The standard InChI is InChI=1S/C5H11NO2/c1-8-4-2-3(7)5(4)6/h3-5,7H,2,6H2,1H3/t3-,4-,5+/m0/s1. The molecule has 1 fully saturated rings. The fourth-order valence-electron chi connectivity index (χ4n) is 0.858. The normalized spacial score (nSPS) is 46.1. The Morgan fingerprint density at radius 1 is 1.75 bits per heavy atom. The number of hydrogen-bond donors (Lipinski definition) is 2. The van der Waals surface area contributed by atoms with Crippen LogP contribution in [0.5, 0.6) is 0 Å². The monoisotopic (exact) mass is 117 g/mol. The number of methoxy groups -OCH3 is 1. The molecule has 1 aliphatic carbocycles. The first-order valence-corrected chi connectivity index (χ1v) is 2.72. The van der Waals surface area contributed by atoms with Crippen LogP contribution in [0.4, 0.5) is 0 Å². The van der Waals surface area contributed by atoms with Crippen LogP contribution in [0.1, 0.15) is 6.42 Å². The Hall–Kier alpha value is -0.120. The average Bonchev–Trinajstić information content (AvgIpc) is 1.81. The van der Waals surface area contributed by atoms with Crippen LogP contribution < -0.4 is 5.73 Å². The van der Waals surface area contributed by atoms with Crippen LogP contribution in [0.2, 0.25) is 0 Å². The van der Waals surface area contributed by atoms with Crippen molar-refractivity contribution in [3.05, 3.63) is 0 Å². The molecule has 1 saturated carbocycles. The molecule has 3 nitrogen and oxygen atoms in total. The van der Waals surface area contributed by atoms with E-state index in [4.69, 9.17) is 15.6 Å². The van der Waals surface area contributed by atoms with Crippen molar-refractivity contribution in [2.45, 2.75) is 24.7 Å². The van der Waals surface area contributed by atoms with Crippen molar-refractivity contribution in [3.63, 3.8) is 0 Å². The lowest BCUT2D eigenvalue weighted by atomic mass is 9.86. The van der Waals surface area contributed by atoms with Gasteiger partial charge in [-0.15, -0.1) is 0 Å². The van der Waals surface area contributed by atoms with Crippen LogP contribution in [-0.2, 0) is 4.74 Å². The maximum Gasteiger partial charge on any atom is 0.0772 e. The summed E-state index contributed by atoms with van der Waals surface area (Å²) >= 11 is 0. The van der Waals surface area contributed by atoms with E-state index in [1.807, 2.05) is 0 Å². The second-order valence-electron chi connectivity index (χ2n) is 2.15. The SMILES string of the molecule is CO[C@H]1C[C@H](O)[C@H]1N. The fraction of sp³-hybridized carbons (Fsp3) is 1.00. The van der Waals surface area contributed by atoms with E-state index < -0.39 is 0 Å². The van der Waals surface area contributed by atoms with E-state index in [1.165, 1.54) is 0 Å². The summed E-state index contributed by atoms with van der Waals surface area (Å²) < 4.78 is 4.88. The Kier molecular flexibility index (Phi) is 1.51. The maximum atomic E-state index is 8.81. The van der Waals surface area contributed by atoms with Crippen LogP contribution in [0.15, 0.2) is 0 Å². The van der Waals surface area contributed by atoms with Gasteiger partial charge in [0.1, 0.15) is 0 Å². The molecule has 0 aromatic heterocycles. The first kappa shape index (κ1) is 6.01. The summed E-state index contributed by atoms with van der Waals surface area (Å²) in [4.78, 5) is 0. The third-order valence-electron chi connectivity index (χ3n) is 1.65. The van der Waals surface area contributed by atoms with Crippen molar-refractivity contribution in [1.82, 2.24) is 0 Å². The molecule has 0 amide bonds. The van der Waals surface area contributed by atoms with Gasteiger partial charge < -0.3 is 15.6 Å². The number of rotatable bonds is 1. The second kappa shape index (κ2) is 2.01. The molecule has 0 aromatic rings. The molecule has 3 heteroatoms. The summed E-state index contributed by atoms with van der Waals surface area (Å²) in [5.74, 6) is 0. The van der Waals surface area contributed by atoms with E-state index >= 15 is 0 Å². The van der Waals surface area contributed by atoms with Gasteiger partial charge >= 0.3 is 0 Å². The van der Waals surface area contributed by atoms with Crippen LogP contribution in [0.25, 0.3) is 0 Å². The molecule has 0 aromatic carbocycles. The van der Waals surface area contributed by atoms with Crippen LogP contribution in [-0.4, -0.2) is 30.5 Å². The van der Waals surface area contributed by atoms with E-state index in [0.717, 1.165) is 0 Å². The Balaban J connectivity index is 2.25. The molecule has 8 heavy (non-hydrogen) atoms. The van der Waals surface area contributed by atoms with E-state index in [9.17, 15) is 0 Å². The molecule has 0 aliphatic heterocycles. The zero-order valence-electron chi connectivity index (χ0n) is 4.87. The minimum absolute atomic E-state index is 0.0880. The number of hydrogen-bond acceptors (Lipinski definition) is 3. The average molecular weight is 117 g/mol. The van der Waals surface area contributed by atoms with Crippen LogP contribution in [0.3, 0.4) is 0 Å². The first-order valence-electron chi connectivity index (χ1n) is 2.72. The summed E-state index contributed by atoms with van der Waals surface area (Å²) in [5.41, 5.74) is 5.40. The highest BCUT2D eigenvalue weighted by molar-refractivity contribution is 4.93. The summed E-state index contributed by atoms with van der Waals surface area (Å²) in [7, 11) is 1.61. The lowest BCUT2D eigenvalue weighted by Gasteiger charge is -2.37. The van der Waals surface area contributed by atoms with Gasteiger partial charge in [-0.25, -0.2) is 0 Å². The number of aliphatic hydroxyl groups excluding tert-OH is 1. The van der Waals surface area contributed by atoms with E-state index in [2.05, 4.69) is 0 Å². The van der Waals surface area contributed by atoms with E-state index in [0.29, 0.717) is 6.42 Å². The van der Waals surface area contributed by atoms with Crippen molar-refractivity contribution < 1.29 is 9.84 Å². The van der Waals surface area contributed by atoms with Crippen molar-refractivity contribution in [1.29, 1.82) is 0 Å². The van der Waals surface area contributed by atoms with Gasteiger partial charge in [0.05, 0.1) is 18.2 Å². The van der Waals surface area contributed by atoms with Crippen molar-refractivity contribution in [3.8, 4) is 0 Å². The molecular weight excluding hydrogens is 106 g/mol. The van der Waals surface area contributed by atoms with Gasteiger partial charge in [0.15, 0.2) is 0 Å². The maximum absolute atomic E-state index is 8.81. The largest absolute Gasteiger partial charge is 0.391 e. The number of ether oxygens (including phenoxy) is 1. The van der Waals surface area contributed by atoms with Crippen LogP contribution >= 0.6 is 0 Å². The molecule has 0 radical (unpaired) electrons. The van der Waals surface area contributed by atoms with E-state index in [-0.39, 0.29) is 18.2 Å². The molecule has 48 valence electrons. The van der Waals surface area contributed by atoms with Gasteiger partial charge in [0.25, 0.3) is 0 Å². The predicted octanol–water partition coefficient (Wildman–Crippen LogP) is -0.907. The molecule has 3 atom stereocenters. The molecule has 0 bridgehead atoms. The summed E-state index contributed by atoms with van der Waals surface area (Å²) in [6.45, 7) is 0. The Labute approximate surface area is 48.4 Å². The topological polar surface area (TPSA) is 55.5 Å². The predicted molar refractivity (Wildman–Crippen MR) is 29.4 cm³/mol. The molecule has 0 heterocycles. The highest BCUT2D eigenvalue weighted by Gasteiger charge is 2.36. The smallest absolute Gasteiger partial charge is 0.0772 e. The van der Waals surface area contributed by atoms with Crippen molar-refractivity contribution in [2.75, 3.05) is 7.11 Å². The zero-order chi connectivity index (χ0) is 6.15. The summed E-state index contributed by atoms with van der Waals surface area (Å²) in [6.07, 6.45) is 0.447. The highest BCUT2D eigenvalue weighted by atomic mass is 16.5.